The van der Waals surface area contributed by atoms with Crippen molar-refractivity contribution in [1.29, 1.82) is 0 Å². The predicted octanol–water partition coefficient (Wildman–Crippen LogP) is 3.90. The first kappa shape index (κ1) is 19.0. The predicted molar refractivity (Wildman–Crippen MR) is 112 cm³/mol. The van der Waals surface area contributed by atoms with Crippen molar-refractivity contribution in [3.8, 4) is 0 Å². The SMILES string of the molecule is CC1(c2cccc3ccccc23)NC(=O)N(CC(=O)Nc2ccc(Cl)cc2)C1=O. The summed E-state index contributed by atoms with van der Waals surface area (Å²) in [6.45, 7) is 1.28. The summed E-state index contributed by atoms with van der Waals surface area (Å²) in [4.78, 5) is 39.0. The Balaban J connectivity index is 1.58. The van der Waals surface area contributed by atoms with Gasteiger partial charge in [-0.05, 0) is 47.5 Å². The highest BCUT2D eigenvalue weighted by Crippen LogP contribution is 2.33. The number of halogens is 1. The first-order valence-corrected chi connectivity index (χ1v) is 9.44. The minimum Gasteiger partial charge on any atom is -0.325 e. The molecular weight excluding hydrogens is 390 g/mol. The number of carbonyl (C=O) groups is 3. The Kier molecular flexibility index (Phi) is 4.72. The largest absolute Gasteiger partial charge is 0.325 e. The second kappa shape index (κ2) is 7.22. The van der Waals surface area contributed by atoms with E-state index in [-0.39, 0.29) is 6.54 Å². The molecule has 0 aromatic heterocycles. The zero-order valence-electron chi connectivity index (χ0n) is 15.6. The van der Waals surface area contributed by atoms with Crippen LogP contribution in [0.4, 0.5) is 10.5 Å². The van der Waals surface area contributed by atoms with Gasteiger partial charge in [0.05, 0.1) is 0 Å². The van der Waals surface area contributed by atoms with E-state index in [1.165, 1.54) is 0 Å². The van der Waals surface area contributed by atoms with Crippen molar-refractivity contribution in [1.82, 2.24) is 10.2 Å². The second-order valence-electron chi connectivity index (χ2n) is 7.03. The van der Waals surface area contributed by atoms with E-state index in [4.69, 9.17) is 11.6 Å². The third-order valence-electron chi connectivity index (χ3n) is 5.03. The maximum Gasteiger partial charge on any atom is 0.325 e. The Labute approximate surface area is 172 Å². The molecule has 29 heavy (non-hydrogen) atoms. The average Bonchev–Trinajstić information content (AvgIpc) is 2.93. The molecule has 1 atom stereocenters. The number of nitrogens with one attached hydrogen (secondary N) is 2. The standard InChI is InChI=1S/C22H18ClN3O3/c1-22(18-8-4-6-14-5-2-3-7-17(14)18)20(28)26(21(29)25-22)13-19(27)24-16-11-9-15(23)10-12-16/h2-12H,13H2,1H3,(H,24,27)(H,25,29). The van der Waals surface area contributed by atoms with E-state index in [2.05, 4.69) is 10.6 Å². The molecule has 0 radical (unpaired) electrons. The van der Waals surface area contributed by atoms with Crippen LogP contribution in [0.3, 0.4) is 0 Å². The molecule has 0 bridgehead atoms. The Morgan fingerprint density at radius 2 is 1.72 bits per heavy atom. The van der Waals surface area contributed by atoms with Crippen molar-refractivity contribution in [2.45, 2.75) is 12.5 Å². The van der Waals surface area contributed by atoms with E-state index in [1.807, 2.05) is 42.5 Å². The summed E-state index contributed by atoms with van der Waals surface area (Å²) in [7, 11) is 0. The molecule has 6 nitrogen and oxygen atoms in total. The van der Waals surface area contributed by atoms with Gasteiger partial charge >= 0.3 is 6.03 Å². The van der Waals surface area contributed by atoms with Crippen LogP contribution < -0.4 is 10.6 Å². The number of hydrogen-bond acceptors (Lipinski definition) is 3. The molecule has 0 aliphatic carbocycles. The highest BCUT2D eigenvalue weighted by atomic mass is 35.5. The Morgan fingerprint density at radius 1 is 1.03 bits per heavy atom. The molecule has 3 aromatic carbocycles. The smallest absolute Gasteiger partial charge is 0.325 e. The molecule has 4 rings (SSSR count). The number of fused-ring (bicyclic) bond motifs is 1. The third kappa shape index (κ3) is 3.43. The highest BCUT2D eigenvalue weighted by Gasteiger charge is 2.50. The lowest BCUT2D eigenvalue weighted by atomic mass is 9.88. The van der Waals surface area contributed by atoms with E-state index in [1.54, 1.807) is 31.2 Å². The van der Waals surface area contributed by atoms with Crippen LogP contribution in [-0.2, 0) is 15.1 Å². The molecule has 1 unspecified atom stereocenters. The maximum absolute atomic E-state index is 13.2. The number of hydrogen-bond donors (Lipinski definition) is 2. The summed E-state index contributed by atoms with van der Waals surface area (Å²) >= 11 is 5.84. The van der Waals surface area contributed by atoms with Crippen LogP contribution in [0.15, 0.2) is 66.7 Å². The van der Waals surface area contributed by atoms with Crippen molar-refractivity contribution >= 4 is 45.9 Å². The van der Waals surface area contributed by atoms with Gasteiger partial charge in [-0.3, -0.25) is 14.5 Å². The second-order valence-corrected chi connectivity index (χ2v) is 7.46. The van der Waals surface area contributed by atoms with Crippen LogP contribution in [-0.4, -0.2) is 29.3 Å². The molecule has 146 valence electrons. The lowest BCUT2D eigenvalue weighted by molar-refractivity contribution is -0.133. The van der Waals surface area contributed by atoms with Crippen molar-refractivity contribution in [2.75, 3.05) is 11.9 Å². The summed E-state index contributed by atoms with van der Waals surface area (Å²) in [6, 6.07) is 19.2. The molecule has 0 spiro atoms. The van der Waals surface area contributed by atoms with E-state index in [0.29, 0.717) is 16.3 Å². The number of benzene rings is 3. The fourth-order valence-electron chi connectivity index (χ4n) is 3.56. The normalized spacial score (nSPS) is 18.8. The van der Waals surface area contributed by atoms with Gasteiger partial charge in [0.15, 0.2) is 0 Å². The van der Waals surface area contributed by atoms with Gasteiger partial charge in [0.25, 0.3) is 5.91 Å². The van der Waals surface area contributed by atoms with Crippen LogP contribution in [0, 0.1) is 0 Å². The molecule has 4 amide bonds. The fraction of sp³-hybridized carbons (Fsp3) is 0.136. The van der Waals surface area contributed by atoms with Gasteiger partial charge in [-0.25, -0.2) is 4.79 Å². The van der Waals surface area contributed by atoms with Crippen molar-refractivity contribution in [2.24, 2.45) is 0 Å². The average molecular weight is 408 g/mol. The first-order valence-electron chi connectivity index (χ1n) is 9.06. The topological polar surface area (TPSA) is 78.5 Å². The van der Waals surface area contributed by atoms with Gasteiger partial charge in [0, 0.05) is 10.7 Å². The Bertz CT molecular complexity index is 1120. The van der Waals surface area contributed by atoms with Crippen LogP contribution in [0.25, 0.3) is 10.8 Å². The number of anilines is 1. The molecule has 3 aromatic rings. The van der Waals surface area contributed by atoms with E-state index in [9.17, 15) is 14.4 Å². The molecule has 7 heteroatoms. The van der Waals surface area contributed by atoms with Crippen LogP contribution in [0.1, 0.15) is 12.5 Å². The monoisotopic (exact) mass is 407 g/mol. The molecule has 1 aliphatic rings. The molecule has 1 heterocycles. The van der Waals surface area contributed by atoms with Gasteiger partial charge in [0.2, 0.25) is 5.91 Å². The number of amides is 4. The van der Waals surface area contributed by atoms with Crippen LogP contribution in [0.5, 0.6) is 0 Å². The number of imide groups is 1. The van der Waals surface area contributed by atoms with E-state index in [0.717, 1.165) is 15.7 Å². The third-order valence-corrected chi connectivity index (χ3v) is 5.28. The summed E-state index contributed by atoms with van der Waals surface area (Å²) in [6.07, 6.45) is 0. The molecule has 2 N–H and O–H groups in total. The van der Waals surface area contributed by atoms with E-state index >= 15 is 0 Å². The van der Waals surface area contributed by atoms with Crippen LogP contribution in [0.2, 0.25) is 5.02 Å². The van der Waals surface area contributed by atoms with Gasteiger partial charge in [-0.15, -0.1) is 0 Å². The Morgan fingerprint density at radius 3 is 2.48 bits per heavy atom. The fourth-order valence-corrected chi connectivity index (χ4v) is 3.69. The minimum absolute atomic E-state index is 0.381. The van der Waals surface area contributed by atoms with E-state index < -0.39 is 23.4 Å². The quantitative estimate of drug-likeness (QED) is 0.644. The summed E-state index contributed by atoms with van der Waals surface area (Å²) in [5, 5.41) is 7.80. The molecule has 1 saturated heterocycles. The van der Waals surface area contributed by atoms with Gasteiger partial charge in [-0.1, -0.05) is 54.1 Å². The lowest BCUT2D eigenvalue weighted by Gasteiger charge is -2.24. The van der Waals surface area contributed by atoms with Gasteiger partial charge in [0.1, 0.15) is 12.1 Å². The summed E-state index contributed by atoms with van der Waals surface area (Å²) in [5.74, 6) is -0.942. The lowest BCUT2D eigenvalue weighted by Crippen LogP contribution is -2.42. The minimum atomic E-state index is -1.25. The van der Waals surface area contributed by atoms with Crippen molar-refractivity contribution in [3.05, 3.63) is 77.3 Å². The Hall–Kier alpha value is -3.38. The molecule has 1 fully saturated rings. The zero-order valence-corrected chi connectivity index (χ0v) is 16.4. The van der Waals surface area contributed by atoms with Gasteiger partial charge in [-0.2, -0.15) is 0 Å². The summed E-state index contributed by atoms with van der Waals surface area (Å²) < 4.78 is 0. The number of rotatable bonds is 4. The summed E-state index contributed by atoms with van der Waals surface area (Å²) in [5.41, 5.74) is -0.0313. The van der Waals surface area contributed by atoms with Crippen molar-refractivity contribution in [3.63, 3.8) is 0 Å². The van der Waals surface area contributed by atoms with Gasteiger partial charge < -0.3 is 10.6 Å². The molecule has 0 saturated carbocycles. The van der Waals surface area contributed by atoms with Crippen molar-refractivity contribution < 1.29 is 14.4 Å². The number of carbonyl (C=O) groups excluding carboxylic acids is 3. The molecular formula is C22H18ClN3O3. The number of urea groups is 1. The molecule has 1 aliphatic heterocycles. The number of nitrogens with zero attached hydrogens (tertiary/aromatic N) is 1. The zero-order chi connectivity index (χ0) is 20.6. The first-order chi connectivity index (χ1) is 13.9. The van der Waals surface area contributed by atoms with Crippen LogP contribution >= 0.6 is 11.6 Å². The highest BCUT2D eigenvalue weighted by molar-refractivity contribution is 6.30. The maximum atomic E-state index is 13.2.